The van der Waals surface area contributed by atoms with Gasteiger partial charge in [-0.25, -0.2) is 8.78 Å². The quantitative estimate of drug-likeness (QED) is 0.573. The average Bonchev–Trinajstić information content (AvgIpc) is 3.18. The van der Waals surface area contributed by atoms with E-state index in [1.165, 1.54) is 29.8 Å². The highest BCUT2D eigenvalue weighted by Crippen LogP contribution is 2.30. The number of ether oxygens (including phenoxy) is 1. The molecule has 1 aliphatic rings. The maximum atomic E-state index is 13.4. The first kappa shape index (κ1) is 21.4. The Bertz CT molecular complexity index is 963. The van der Waals surface area contributed by atoms with Crippen LogP contribution in [0.2, 0.25) is 0 Å². The van der Waals surface area contributed by atoms with Crippen LogP contribution in [-0.4, -0.2) is 36.0 Å². The SMILES string of the molecule is OCc1ccc2c(c1)N(CC(O)COC(c1ccc(F)cc1)c1ccc(F)cc1)CC2. The largest absolute Gasteiger partial charge is 0.392 e. The normalized spacial score (nSPS) is 14.2. The molecule has 3 aromatic carbocycles. The summed E-state index contributed by atoms with van der Waals surface area (Å²) < 4.78 is 32.8. The minimum atomic E-state index is -0.757. The predicted octanol–water partition coefficient (Wildman–Crippen LogP) is 3.99. The third kappa shape index (κ3) is 5.10. The molecule has 31 heavy (non-hydrogen) atoms. The maximum absolute atomic E-state index is 13.4. The lowest BCUT2D eigenvalue weighted by Crippen LogP contribution is -2.34. The minimum absolute atomic E-state index is 0.0240. The van der Waals surface area contributed by atoms with E-state index in [0.717, 1.165) is 35.3 Å². The summed E-state index contributed by atoms with van der Waals surface area (Å²) in [6.45, 7) is 1.22. The number of nitrogens with zero attached hydrogens (tertiary/aromatic N) is 1. The van der Waals surface area contributed by atoms with E-state index in [2.05, 4.69) is 4.90 Å². The summed E-state index contributed by atoms with van der Waals surface area (Å²) in [5.74, 6) is -0.701. The van der Waals surface area contributed by atoms with Gasteiger partial charge < -0.3 is 19.8 Å². The molecule has 0 bridgehead atoms. The Morgan fingerprint density at radius 1 is 0.903 bits per heavy atom. The smallest absolute Gasteiger partial charge is 0.123 e. The number of β-amino-alcohol motifs (C(OH)–C–C–N with tert-alkyl or cyclic N) is 1. The van der Waals surface area contributed by atoms with Crippen LogP contribution in [0.4, 0.5) is 14.5 Å². The molecule has 0 aromatic heterocycles. The summed E-state index contributed by atoms with van der Waals surface area (Å²) in [5.41, 5.74) is 4.50. The Balaban J connectivity index is 1.45. The van der Waals surface area contributed by atoms with Crippen molar-refractivity contribution in [3.63, 3.8) is 0 Å². The van der Waals surface area contributed by atoms with E-state index in [0.29, 0.717) is 6.54 Å². The molecule has 2 N–H and O–H groups in total. The van der Waals surface area contributed by atoms with Crippen molar-refractivity contribution >= 4 is 5.69 Å². The van der Waals surface area contributed by atoms with Crippen molar-refractivity contribution in [1.82, 2.24) is 0 Å². The Kier molecular flexibility index (Phi) is 6.61. The molecule has 6 heteroatoms. The Morgan fingerprint density at radius 2 is 1.52 bits per heavy atom. The molecule has 0 radical (unpaired) electrons. The van der Waals surface area contributed by atoms with Crippen LogP contribution in [0.1, 0.15) is 28.4 Å². The van der Waals surface area contributed by atoms with Crippen LogP contribution in [0.3, 0.4) is 0 Å². The van der Waals surface area contributed by atoms with Crippen LogP contribution in [0.25, 0.3) is 0 Å². The molecule has 4 nitrogen and oxygen atoms in total. The zero-order chi connectivity index (χ0) is 21.8. The first-order valence-electron chi connectivity index (χ1n) is 10.3. The molecular formula is C25H25F2NO3. The second kappa shape index (κ2) is 9.56. The summed E-state index contributed by atoms with van der Waals surface area (Å²) in [4.78, 5) is 2.09. The van der Waals surface area contributed by atoms with E-state index in [1.54, 1.807) is 24.3 Å². The van der Waals surface area contributed by atoms with E-state index >= 15 is 0 Å². The van der Waals surface area contributed by atoms with Gasteiger partial charge in [-0.1, -0.05) is 36.4 Å². The van der Waals surface area contributed by atoms with Gasteiger partial charge in [0.15, 0.2) is 0 Å². The first-order valence-corrected chi connectivity index (χ1v) is 10.3. The van der Waals surface area contributed by atoms with Crippen LogP contribution in [-0.2, 0) is 17.8 Å². The van der Waals surface area contributed by atoms with Crippen LogP contribution in [0, 0.1) is 11.6 Å². The highest BCUT2D eigenvalue weighted by Gasteiger charge is 2.23. The van der Waals surface area contributed by atoms with Crippen LogP contribution < -0.4 is 4.90 Å². The molecule has 1 unspecified atom stereocenters. The van der Waals surface area contributed by atoms with Gasteiger partial charge in [-0.2, -0.15) is 0 Å². The second-order valence-electron chi connectivity index (χ2n) is 7.79. The molecule has 162 valence electrons. The predicted molar refractivity (Wildman–Crippen MR) is 115 cm³/mol. The summed E-state index contributed by atoms with van der Waals surface area (Å²) in [5, 5.41) is 20.1. The Hall–Kier alpha value is -2.80. The lowest BCUT2D eigenvalue weighted by molar-refractivity contribution is 0.00921. The molecule has 0 amide bonds. The average molecular weight is 425 g/mol. The number of aliphatic hydroxyl groups is 2. The molecule has 3 aromatic rings. The van der Waals surface area contributed by atoms with E-state index in [1.807, 2.05) is 18.2 Å². The molecule has 0 saturated carbocycles. The highest BCUT2D eigenvalue weighted by atomic mass is 19.1. The van der Waals surface area contributed by atoms with Gasteiger partial charge in [0.1, 0.15) is 17.7 Å². The number of halogens is 2. The van der Waals surface area contributed by atoms with E-state index in [9.17, 15) is 19.0 Å². The van der Waals surface area contributed by atoms with Gasteiger partial charge in [-0.3, -0.25) is 0 Å². The number of benzene rings is 3. The van der Waals surface area contributed by atoms with Gasteiger partial charge in [0.2, 0.25) is 0 Å². The van der Waals surface area contributed by atoms with Crippen molar-refractivity contribution in [2.24, 2.45) is 0 Å². The second-order valence-corrected chi connectivity index (χ2v) is 7.79. The molecule has 0 saturated heterocycles. The van der Waals surface area contributed by atoms with Crippen molar-refractivity contribution in [2.45, 2.75) is 25.2 Å². The number of hydrogen-bond acceptors (Lipinski definition) is 4. The van der Waals surface area contributed by atoms with Gasteiger partial charge in [0.05, 0.1) is 19.3 Å². The van der Waals surface area contributed by atoms with Gasteiger partial charge in [0, 0.05) is 18.8 Å². The zero-order valence-corrected chi connectivity index (χ0v) is 17.0. The van der Waals surface area contributed by atoms with Gasteiger partial charge in [-0.15, -0.1) is 0 Å². The van der Waals surface area contributed by atoms with Gasteiger partial charge >= 0.3 is 0 Å². The van der Waals surface area contributed by atoms with Crippen LogP contribution >= 0.6 is 0 Å². The van der Waals surface area contributed by atoms with E-state index in [-0.39, 0.29) is 24.8 Å². The summed E-state index contributed by atoms with van der Waals surface area (Å²) >= 11 is 0. The molecule has 4 rings (SSSR count). The molecule has 0 aliphatic carbocycles. The molecule has 1 atom stereocenters. The molecule has 1 aliphatic heterocycles. The highest BCUT2D eigenvalue weighted by molar-refractivity contribution is 5.59. The van der Waals surface area contributed by atoms with Crippen LogP contribution in [0.5, 0.6) is 0 Å². The monoisotopic (exact) mass is 425 g/mol. The van der Waals surface area contributed by atoms with Crippen molar-refractivity contribution in [2.75, 3.05) is 24.6 Å². The summed E-state index contributed by atoms with van der Waals surface area (Å²) in [7, 11) is 0. The van der Waals surface area contributed by atoms with Gasteiger partial charge in [-0.05, 0) is 59.0 Å². The summed E-state index contributed by atoms with van der Waals surface area (Å²) in [6.07, 6.45) is -0.419. The van der Waals surface area contributed by atoms with E-state index in [4.69, 9.17) is 4.74 Å². The number of fused-ring (bicyclic) bond motifs is 1. The van der Waals surface area contributed by atoms with Crippen molar-refractivity contribution in [1.29, 1.82) is 0 Å². The maximum Gasteiger partial charge on any atom is 0.123 e. The third-order valence-electron chi connectivity index (χ3n) is 5.56. The lowest BCUT2D eigenvalue weighted by Gasteiger charge is -2.25. The van der Waals surface area contributed by atoms with E-state index < -0.39 is 12.2 Å². The Labute approximate surface area is 180 Å². The minimum Gasteiger partial charge on any atom is -0.392 e. The zero-order valence-electron chi connectivity index (χ0n) is 17.0. The van der Waals surface area contributed by atoms with Crippen molar-refractivity contribution in [3.8, 4) is 0 Å². The molecule has 1 heterocycles. The lowest BCUT2D eigenvalue weighted by atomic mass is 10.0. The van der Waals surface area contributed by atoms with Crippen molar-refractivity contribution < 1.29 is 23.7 Å². The summed E-state index contributed by atoms with van der Waals surface area (Å²) in [6, 6.07) is 17.8. The number of hydrogen-bond donors (Lipinski definition) is 2. The number of anilines is 1. The Morgan fingerprint density at radius 3 is 2.10 bits per heavy atom. The fraction of sp³-hybridized carbons (Fsp3) is 0.280. The first-order chi connectivity index (χ1) is 15.0. The molecule has 0 fully saturated rings. The third-order valence-corrected chi connectivity index (χ3v) is 5.56. The number of aliphatic hydroxyl groups excluding tert-OH is 2. The number of rotatable bonds is 8. The molecule has 0 spiro atoms. The van der Waals surface area contributed by atoms with Crippen molar-refractivity contribution in [3.05, 3.63) is 101 Å². The molecular weight excluding hydrogens is 400 g/mol. The van der Waals surface area contributed by atoms with Crippen LogP contribution in [0.15, 0.2) is 66.7 Å². The topological polar surface area (TPSA) is 52.9 Å². The fourth-order valence-corrected chi connectivity index (χ4v) is 3.95. The standard InChI is InChI=1S/C25H25F2NO3/c26-21-7-3-19(4-8-21)25(20-5-9-22(27)10-6-20)31-16-23(30)14-28-12-11-18-2-1-17(15-29)13-24(18)28/h1-10,13,23,25,29-30H,11-12,14-16H2. The van der Waals surface area contributed by atoms with Gasteiger partial charge in [0.25, 0.3) is 0 Å². The fourth-order valence-electron chi connectivity index (χ4n) is 3.95.